The molecule has 0 aliphatic rings. The topological polar surface area (TPSA) is 55.6 Å². The first-order valence-corrected chi connectivity index (χ1v) is 6.99. The first kappa shape index (κ1) is 15.5. The Morgan fingerprint density at radius 2 is 1.96 bits per heavy atom. The maximum Gasteiger partial charge on any atom is 0.416 e. The lowest BCUT2D eigenvalue weighted by molar-refractivity contribution is -0.138. The molecule has 3 rings (SSSR count). The van der Waals surface area contributed by atoms with E-state index < -0.39 is 11.7 Å². The number of nitrogens with zero attached hydrogens (tertiary/aromatic N) is 4. The molecular formula is C14H11ClF3N5. The van der Waals surface area contributed by atoms with Crippen LogP contribution in [0.15, 0.2) is 30.6 Å². The number of alkyl halides is 3. The number of hydrogen-bond donors (Lipinski definition) is 1. The first-order valence-electron chi connectivity index (χ1n) is 6.61. The molecule has 9 heteroatoms. The number of nitrogens with one attached hydrogen (secondary N) is 1. The maximum absolute atomic E-state index is 13.1. The van der Waals surface area contributed by atoms with Crippen molar-refractivity contribution in [2.75, 3.05) is 12.4 Å². The van der Waals surface area contributed by atoms with Crippen molar-refractivity contribution < 1.29 is 13.2 Å². The largest absolute Gasteiger partial charge is 0.416 e. The average Bonchev–Trinajstić information content (AvgIpc) is 2.89. The second kappa shape index (κ2) is 5.69. The predicted octanol–water partition coefficient (Wildman–Crippen LogP) is 3.59. The Bertz CT molecular complexity index is 859. The number of aromatic nitrogens is 4. The zero-order valence-corrected chi connectivity index (χ0v) is 12.7. The van der Waals surface area contributed by atoms with E-state index in [0.717, 1.165) is 6.07 Å². The van der Waals surface area contributed by atoms with Crippen LogP contribution in [-0.2, 0) is 12.7 Å². The van der Waals surface area contributed by atoms with Crippen LogP contribution >= 0.6 is 11.6 Å². The van der Waals surface area contributed by atoms with Crippen molar-refractivity contribution in [1.82, 2.24) is 19.5 Å². The molecule has 0 fully saturated rings. The lowest BCUT2D eigenvalue weighted by atomic mass is 10.1. The Hall–Kier alpha value is -2.35. The van der Waals surface area contributed by atoms with Crippen LogP contribution in [0.2, 0.25) is 5.28 Å². The van der Waals surface area contributed by atoms with E-state index >= 15 is 0 Å². The van der Waals surface area contributed by atoms with E-state index in [0.29, 0.717) is 17.0 Å². The number of rotatable bonds is 3. The molecule has 0 atom stereocenters. The fourth-order valence-electron chi connectivity index (χ4n) is 2.33. The van der Waals surface area contributed by atoms with E-state index in [1.165, 1.54) is 23.0 Å². The summed E-state index contributed by atoms with van der Waals surface area (Å²) in [5.74, 6) is 0.419. The summed E-state index contributed by atoms with van der Waals surface area (Å²) in [7, 11) is 1.65. The van der Waals surface area contributed by atoms with Gasteiger partial charge in [-0.3, -0.25) is 0 Å². The van der Waals surface area contributed by atoms with E-state index in [4.69, 9.17) is 11.6 Å². The molecule has 1 aromatic carbocycles. The normalized spacial score (nSPS) is 11.9. The minimum absolute atomic E-state index is 0.00675. The van der Waals surface area contributed by atoms with Crippen LogP contribution in [0.3, 0.4) is 0 Å². The van der Waals surface area contributed by atoms with Crippen molar-refractivity contribution in [3.05, 3.63) is 47.0 Å². The fraction of sp³-hybridized carbons (Fsp3) is 0.214. The monoisotopic (exact) mass is 341 g/mol. The highest BCUT2D eigenvalue weighted by Gasteiger charge is 2.33. The highest BCUT2D eigenvalue weighted by Crippen LogP contribution is 2.32. The molecule has 23 heavy (non-hydrogen) atoms. The van der Waals surface area contributed by atoms with Crippen LogP contribution in [0.4, 0.5) is 19.0 Å². The second-order valence-corrected chi connectivity index (χ2v) is 5.13. The van der Waals surface area contributed by atoms with E-state index in [2.05, 4.69) is 20.3 Å². The van der Waals surface area contributed by atoms with Crippen molar-refractivity contribution in [2.45, 2.75) is 12.7 Å². The summed E-state index contributed by atoms with van der Waals surface area (Å²) in [5, 5.41) is 2.83. The molecule has 0 aliphatic heterocycles. The molecule has 0 amide bonds. The molecule has 0 saturated carbocycles. The Morgan fingerprint density at radius 1 is 1.22 bits per heavy atom. The molecule has 2 heterocycles. The smallest absolute Gasteiger partial charge is 0.371 e. The summed E-state index contributed by atoms with van der Waals surface area (Å²) in [5.41, 5.74) is 0.253. The SMILES string of the molecule is CNc1nc(Cl)nc2c1ncn2Cc1ccccc1C(F)(F)F. The van der Waals surface area contributed by atoms with E-state index in [-0.39, 0.29) is 17.4 Å². The highest BCUT2D eigenvalue weighted by atomic mass is 35.5. The van der Waals surface area contributed by atoms with Gasteiger partial charge in [0.05, 0.1) is 18.4 Å². The number of fused-ring (bicyclic) bond motifs is 1. The molecule has 0 bridgehead atoms. The summed E-state index contributed by atoms with van der Waals surface area (Å²) in [4.78, 5) is 12.2. The number of halogens is 4. The third kappa shape index (κ3) is 2.94. The summed E-state index contributed by atoms with van der Waals surface area (Å²) < 4.78 is 40.8. The Labute approximate surface area is 134 Å². The molecule has 120 valence electrons. The number of anilines is 1. The fourth-order valence-corrected chi connectivity index (χ4v) is 2.49. The number of hydrogen-bond acceptors (Lipinski definition) is 4. The maximum atomic E-state index is 13.1. The van der Waals surface area contributed by atoms with Gasteiger partial charge in [-0.1, -0.05) is 18.2 Å². The number of benzene rings is 1. The van der Waals surface area contributed by atoms with Crippen LogP contribution in [0.5, 0.6) is 0 Å². The van der Waals surface area contributed by atoms with Gasteiger partial charge in [0.1, 0.15) is 0 Å². The van der Waals surface area contributed by atoms with Crippen LogP contribution < -0.4 is 5.32 Å². The summed E-state index contributed by atoms with van der Waals surface area (Å²) >= 11 is 5.85. The summed E-state index contributed by atoms with van der Waals surface area (Å²) in [6.45, 7) is -0.0251. The minimum atomic E-state index is -4.42. The quantitative estimate of drug-likeness (QED) is 0.740. The van der Waals surface area contributed by atoms with Crippen molar-refractivity contribution in [3.63, 3.8) is 0 Å². The van der Waals surface area contributed by atoms with Gasteiger partial charge in [-0.05, 0) is 23.2 Å². The molecule has 0 radical (unpaired) electrons. The summed E-state index contributed by atoms with van der Waals surface area (Å²) in [6.07, 6.45) is -3.00. The van der Waals surface area contributed by atoms with Gasteiger partial charge < -0.3 is 9.88 Å². The van der Waals surface area contributed by atoms with Crippen molar-refractivity contribution >= 4 is 28.6 Å². The molecular weight excluding hydrogens is 331 g/mol. The highest BCUT2D eigenvalue weighted by molar-refractivity contribution is 6.28. The van der Waals surface area contributed by atoms with Gasteiger partial charge in [-0.25, -0.2) is 4.98 Å². The molecule has 2 aromatic heterocycles. The molecule has 0 saturated heterocycles. The Kier molecular flexibility index (Phi) is 3.85. The molecule has 0 unspecified atom stereocenters. The van der Waals surface area contributed by atoms with Crippen LogP contribution in [0, 0.1) is 0 Å². The van der Waals surface area contributed by atoms with E-state index in [1.54, 1.807) is 13.1 Å². The lowest BCUT2D eigenvalue weighted by Gasteiger charge is -2.13. The van der Waals surface area contributed by atoms with E-state index in [1.807, 2.05) is 0 Å². The zero-order chi connectivity index (χ0) is 16.6. The van der Waals surface area contributed by atoms with Crippen molar-refractivity contribution in [3.8, 4) is 0 Å². The molecule has 3 aromatic rings. The first-order chi connectivity index (χ1) is 10.9. The predicted molar refractivity (Wildman–Crippen MR) is 80.4 cm³/mol. The lowest BCUT2D eigenvalue weighted by Crippen LogP contribution is -2.11. The molecule has 1 N–H and O–H groups in total. The molecule has 5 nitrogen and oxygen atoms in total. The van der Waals surface area contributed by atoms with Crippen molar-refractivity contribution in [2.24, 2.45) is 0 Å². The Morgan fingerprint density at radius 3 is 2.65 bits per heavy atom. The van der Waals surface area contributed by atoms with Crippen LogP contribution in [0.1, 0.15) is 11.1 Å². The Balaban J connectivity index is 2.09. The van der Waals surface area contributed by atoms with Crippen LogP contribution in [-0.4, -0.2) is 26.6 Å². The van der Waals surface area contributed by atoms with Crippen molar-refractivity contribution in [1.29, 1.82) is 0 Å². The van der Waals surface area contributed by atoms with Gasteiger partial charge in [-0.15, -0.1) is 0 Å². The standard InChI is InChI=1S/C14H11ClF3N5/c1-19-11-10-12(22-13(15)21-11)23(7-20-10)6-8-4-2-3-5-9(8)14(16,17)18/h2-5,7H,6H2,1H3,(H,19,21,22). The van der Waals surface area contributed by atoms with Gasteiger partial charge in [-0.2, -0.15) is 23.1 Å². The minimum Gasteiger partial charge on any atom is -0.371 e. The second-order valence-electron chi connectivity index (χ2n) is 4.79. The molecule has 0 aliphatic carbocycles. The van der Waals surface area contributed by atoms with E-state index in [9.17, 15) is 13.2 Å². The van der Waals surface area contributed by atoms with Gasteiger partial charge in [0.15, 0.2) is 17.0 Å². The van der Waals surface area contributed by atoms with Gasteiger partial charge in [0.2, 0.25) is 5.28 Å². The van der Waals surface area contributed by atoms with Crippen LogP contribution in [0.25, 0.3) is 11.2 Å². The van der Waals surface area contributed by atoms with Gasteiger partial charge in [0.25, 0.3) is 0 Å². The third-order valence-corrected chi connectivity index (χ3v) is 3.51. The zero-order valence-electron chi connectivity index (χ0n) is 11.9. The number of imidazole rings is 1. The van der Waals surface area contributed by atoms with Gasteiger partial charge >= 0.3 is 6.18 Å². The molecule has 0 spiro atoms. The average molecular weight is 342 g/mol. The summed E-state index contributed by atoms with van der Waals surface area (Å²) in [6, 6.07) is 5.40. The third-order valence-electron chi connectivity index (χ3n) is 3.34. The van der Waals surface area contributed by atoms with Gasteiger partial charge in [0, 0.05) is 7.05 Å².